The Morgan fingerprint density at radius 2 is 1.67 bits per heavy atom. The number of benzene rings is 2. The van der Waals surface area contributed by atoms with Gasteiger partial charge in [0, 0.05) is 6.08 Å². The molecule has 0 saturated heterocycles. The van der Waals surface area contributed by atoms with Crippen LogP contribution in [-0.2, 0) is 4.79 Å². The van der Waals surface area contributed by atoms with Crippen molar-refractivity contribution in [1.82, 2.24) is 0 Å². The minimum atomic E-state index is -0.902. The first-order chi connectivity index (χ1) is 20.4. The molecule has 3 N–H and O–H groups in total. The van der Waals surface area contributed by atoms with Crippen LogP contribution in [-0.4, -0.2) is 47.0 Å². The molecule has 7 nitrogen and oxygen atoms in total. The molecule has 0 fully saturated rings. The lowest BCUT2D eigenvalue weighted by Crippen LogP contribution is -2.47. The first-order valence-electron chi connectivity index (χ1n) is 14.5. The van der Waals surface area contributed by atoms with Crippen LogP contribution in [0.1, 0.15) is 58.1 Å². The van der Waals surface area contributed by atoms with Gasteiger partial charge in [-0.25, -0.2) is 0 Å². The predicted octanol–water partition coefficient (Wildman–Crippen LogP) is 7.60. The third-order valence-electron chi connectivity index (χ3n) is 7.63. The molecule has 0 bridgehead atoms. The fourth-order valence-corrected chi connectivity index (χ4v) is 4.88. The van der Waals surface area contributed by atoms with Crippen molar-refractivity contribution in [2.45, 2.75) is 58.7 Å². The number of carbonyl (C=O) groups excluding carboxylic acids is 1. The summed E-state index contributed by atoms with van der Waals surface area (Å²) >= 11 is 0. The van der Waals surface area contributed by atoms with E-state index in [-0.39, 0.29) is 17.4 Å². The second-order valence-corrected chi connectivity index (χ2v) is 11.4. The van der Waals surface area contributed by atoms with Crippen molar-refractivity contribution in [1.29, 1.82) is 0 Å². The van der Waals surface area contributed by atoms with Crippen molar-refractivity contribution < 1.29 is 34.3 Å². The summed E-state index contributed by atoms with van der Waals surface area (Å²) in [6, 6.07) is 10.0. The number of phenolic OH excluding ortho intramolecular Hbond substituents is 1. The van der Waals surface area contributed by atoms with Gasteiger partial charge in [0.25, 0.3) is 0 Å². The number of aliphatic hydroxyl groups is 2. The maximum Gasteiger partial charge on any atom is 0.182 e. The number of ether oxygens (including phenoxy) is 3. The highest BCUT2D eigenvalue weighted by Crippen LogP contribution is 2.38. The number of aromatic hydroxyl groups is 1. The van der Waals surface area contributed by atoms with Gasteiger partial charge < -0.3 is 29.5 Å². The van der Waals surface area contributed by atoms with Crippen LogP contribution in [0.4, 0.5) is 0 Å². The molecule has 0 heterocycles. The van der Waals surface area contributed by atoms with E-state index < -0.39 is 17.5 Å². The van der Waals surface area contributed by atoms with Crippen LogP contribution in [0.15, 0.2) is 84.2 Å². The summed E-state index contributed by atoms with van der Waals surface area (Å²) in [5.74, 6) is 1.38. The highest BCUT2D eigenvalue weighted by Gasteiger charge is 2.39. The summed E-state index contributed by atoms with van der Waals surface area (Å²) in [6.07, 6.45) is 15.5. The number of ketones is 1. The van der Waals surface area contributed by atoms with Crippen LogP contribution in [0.3, 0.4) is 0 Å². The van der Waals surface area contributed by atoms with Gasteiger partial charge in [0.2, 0.25) is 0 Å². The third kappa shape index (κ3) is 9.65. The molecule has 0 aliphatic heterocycles. The van der Waals surface area contributed by atoms with Gasteiger partial charge in [0.1, 0.15) is 5.76 Å². The van der Waals surface area contributed by atoms with Crippen LogP contribution in [0.2, 0.25) is 0 Å². The lowest BCUT2D eigenvalue weighted by Gasteiger charge is -2.39. The Labute approximate surface area is 255 Å². The molecule has 4 unspecified atom stereocenters. The van der Waals surface area contributed by atoms with E-state index in [0.717, 1.165) is 24.5 Å². The summed E-state index contributed by atoms with van der Waals surface area (Å²) in [5.41, 5.74) is 1.80. The maximum atomic E-state index is 12.3. The molecule has 0 saturated carbocycles. The van der Waals surface area contributed by atoms with E-state index in [1.807, 2.05) is 13.0 Å². The molecule has 0 spiro atoms. The average Bonchev–Trinajstić information content (AvgIpc) is 2.97. The predicted molar refractivity (Wildman–Crippen MR) is 172 cm³/mol. The fourth-order valence-electron chi connectivity index (χ4n) is 4.88. The van der Waals surface area contributed by atoms with Gasteiger partial charge in [-0.15, -0.1) is 0 Å². The van der Waals surface area contributed by atoms with E-state index in [1.165, 1.54) is 30.9 Å². The van der Waals surface area contributed by atoms with E-state index in [1.54, 1.807) is 49.6 Å². The topological polar surface area (TPSA) is 105 Å². The van der Waals surface area contributed by atoms with E-state index in [2.05, 4.69) is 32.9 Å². The average molecular weight is 589 g/mol. The molecule has 1 aliphatic carbocycles. The van der Waals surface area contributed by atoms with Crippen molar-refractivity contribution in [3.63, 3.8) is 0 Å². The summed E-state index contributed by atoms with van der Waals surface area (Å²) in [5, 5.41) is 31.0. The van der Waals surface area contributed by atoms with Crippen molar-refractivity contribution in [2.75, 3.05) is 14.2 Å². The smallest absolute Gasteiger partial charge is 0.182 e. The minimum Gasteiger partial charge on any atom is -0.508 e. The van der Waals surface area contributed by atoms with Gasteiger partial charge in [0.15, 0.2) is 34.4 Å². The Morgan fingerprint density at radius 1 is 1.02 bits per heavy atom. The number of carbonyl (C=O) groups is 1. The van der Waals surface area contributed by atoms with Crippen LogP contribution < -0.4 is 14.2 Å². The van der Waals surface area contributed by atoms with Gasteiger partial charge in [-0.3, -0.25) is 4.79 Å². The molecular weight excluding hydrogens is 544 g/mol. The second kappa shape index (κ2) is 15.3. The lowest BCUT2D eigenvalue weighted by atomic mass is 9.77. The molecule has 230 valence electrons. The van der Waals surface area contributed by atoms with Crippen LogP contribution in [0.25, 0.3) is 12.2 Å². The highest BCUT2D eigenvalue weighted by molar-refractivity contribution is 6.02. The zero-order valence-corrected chi connectivity index (χ0v) is 25.9. The van der Waals surface area contributed by atoms with Crippen LogP contribution in [0, 0.1) is 11.8 Å². The van der Waals surface area contributed by atoms with Crippen molar-refractivity contribution in [2.24, 2.45) is 11.8 Å². The Bertz CT molecular complexity index is 1410. The van der Waals surface area contributed by atoms with Crippen LogP contribution >= 0.6 is 0 Å². The Kier molecular flexibility index (Phi) is 11.8. The SMILES string of the molecule is COc1cc(C=CC(=O)C=C(O)C=Cc2ccc(OC3(C)C=CC(C(C)CCC=C(C)C)CC3O)c(OC)c2)ccc1O. The molecule has 43 heavy (non-hydrogen) atoms. The summed E-state index contributed by atoms with van der Waals surface area (Å²) in [4.78, 5) is 12.3. The number of methoxy groups -OCH3 is 2. The number of aliphatic hydroxyl groups excluding tert-OH is 2. The number of rotatable bonds is 13. The van der Waals surface area contributed by atoms with E-state index in [9.17, 15) is 20.1 Å². The second-order valence-electron chi connectivity index (χ2n) is 11.4. The standard InChI is InChI=1S/C36H44O7/c1-24(2)8-7-9-25(3)28-18-19-36(4,35(40)22-28)43-32-17-13-27(21-34(32)42-6)11-15-30(38)23-29(37)14-10-26-12-16-31(39)33(20-26)41-5/h8,10-21,23,25,28,35,38-40H,7,9,22H2,1-6H3. The van der Waals surface area contributed by atoms with Gasteiger partial charge in [-0.1, -0.05) is 48.9 Å². The van der Waals surface area contributed by atoms with E-state index in [4.69, 9.17) is 14.2 Å². The lowest BCUT2D eigenvalue weighted by molar-refractivity contribution is -0.110. The maximum absolute atomic E-state index is 12.3. The molecule has 4 atom stereocenters. The highest BCUT2D eigenvalue weighted by atomic mass is 16.5. The molecule has 7 heteroatoms. The molecular formula is C36H44O7. The number of allylic oxidation sites excluding steroid dienone is 6. The molecule has 0 radical (unpaired) electrons. The first-order valence-corrected chi connectivity index (χ1v) is 14.5. The summed E-state index contributed by atoms with van der Waals surface area (Å²) in [7, 11) is 2.99. The van der Waals surface area contributed by atoms with E-state index in [0.29, 0.717) is 35.2 Å². The summed E-state index contributed by atoms with van der Waals surface area (Å²) < 4.78 is 16.9. The Hall–Kier alpha value is -4.23. The van der Waals surface area contributed by atoms with Crippen molar-refractivity contribution >= 4 is 17.9 Å². The number of phenols is 1. The van der Waals surface area contributed by atoms with E-state index >= 15 is 0 Å². The summed E-state index contributed by atoms with van der Waals surface area (Å²) in [6.45, 7) is 8.32. The van der Waals surface area contributed by atoms with Gasteiger partial charge in [0.05, 0.1) is 20.3 Å². The molecule has 1 aliphatic rings. The van der Waals surface area contributed by atoms with Gasteiger partial charge >= 0.3 is 0 Å². The third-order valence-corrected chi connectivity index (χ3v) is 7.63. The first kappa shape index (κ1) is 33.3. The normalized spacial score (nSPS) is 21.1. The fraction of sp³-hybridized carbons (Fsp3) is 0.361. The number of hydrogen-bond donors (Lipinski definition) is 3. The van der Waals surface area contributed by atoms with Gasteiger partial charge in [-0.2, -0.15) is 0 Å². The molecule has 2 aromatic rings. The Morgan fingerprint density at radius 3 is 2.33 bits per heavy atom. The van der Waals surface area contributed by atoms with Gasteiger partial charge in [-0.05, 0) is 105 Å². The monoisotopic (exact) mass is 588 g/mol. The number of hydrogen-bond acceptors (Lipinski definition) is 7. The molecule has 3 rings (SSSR count). The zero-order valence-electron chi connectivity index (χ0n) is 25.9. The molecule has 0 amide bonds. The van der Waals surface area contributed by atoms with Crippen molar-refractivity contribution in [3.05, 3.63) is 95.3 Å². The quantitative estimate of drug-likeness (QED) is 0.0957. The largest absolute Gasteiger partial charge is 0.508 e. The van der Waals surface area contributed by atoms with Crippen molar-refractivity contribution in [3.8, 4) is 23.0 Å². The molecule has 0 aromatic heterocycles. The molecule has 2 aromatic carbocycles. The minimum absolute atomic E-state index is 0.00652. The zero-order chi connectivity index (χ0) is 31.6. The van der Waals surface area contributed by atoms with Crippen LogP contribution in [0.5, 0.6) is 23.0 Å². The Balaban J connectivity index is 1.65.